The van der Waals surface area contributed by atoms with Crippen LogP contribution in [0.3, 0.4) is 0 Å². The number of hydrogen-bond acceptors (Lipinski definition) is 7. The minimum absolute atomic E-state index is 0.0423. The first-order valence-corrected chi connectivity index (χ1v) is 19.6. The maximum atomic E-state index is 14.4. The van der Waals surface area contributed by atoms with Gasteiger partial charge >= 0.3 is 0 Å². The van der Waals surface area contributed by atoms with Crippen molar-refractivity contribution in [3.63, 3.8) is 0 Å². The van der Waals surface area contributed by atoms with Gasteiger partial charge in [0.15, 0.2) is 0 Å². The van der Waals surface area contributed by atoms with Gasteiger partial charge in [0.25, 0.3) is 0 Å². The molecular formula is C48H49F3N4O5. The monoisotopic (exact) mass is 818 g/mol. The van der Waals surface area contributed by atoms with Crippen LogP contribution in [0, 0.1) is 17.5 Å². The molecule has 1 aliphatic heterocycles. The zero-order valence-electron chi connectivity index (χ0n) is 34.2. The van der Waals surface area contributed by atoms with E-state index in [4.69, 9.17) is 10.5 Å². The number of benzene rings is 6. The van der Waals surface area contributed by atoms with Crippen molar-refractivity contribution in [3.8, 4) is 61.8 Å². The highest BCUT2D eigenvalue weighted by Crippen LogP contribution is 2.42. The first-order chi connectivity index (χ1) is 28.8. The lowest BCUT2D eigenvalue weighted by molar-refractivity contribution is -0.115. The number of phenolic OH excluding ortho intramolecular Hbond substituents is 2. The molecule has 12 heteroatoms. The molecule has 0 unspecified atom stereocenters. The smallest absolute Gasteiger partial charge is 0.221 e. The standard InChI is InChI=1S/C25H26FN3O2.C21H17F2NO3.C2H6/c1-16(30)28-24-9-8-18(15-23(24)26)22-7-3-6-21(25(22)31)17-4-2-5-20(14-17)29-12-10-19(27)11-13-29;1-12(25)24-20-9-6-13(10-19(20)23)15-4-3-5-16(21(15)26)17-11-14(27-2)7-8-18(17)22;1-2/h2-9,14-15,19,31H,10-13,27H2,1H3,(H,28,30);3-11,26H,1-2H3,(H,24,25);1-2H3. The molecule has 0 aromatic heterocycles. The summed E-state index contributed by atoms with van der Waals surface area (Å²) in [5.74, 6) is -2.09. The van der Waals surface area contributed by atoms with Crippen LogP contribution in [0.25, 0.3) is 44.5 Å². The van der Waals surface area contributed by atoms with Gasteiger partial charge in [-0.3, -0.25) is 9.59 Å². The summed E-state index contributed by atoms with van der Waals surface area (Å²) in [5, 5.41) is 26.5. The molecule has 0 bridgehead atoms. The van der Waals surface area contributed by atoms with Gasteiger partial charge in [0.1, 0.15) is 34.7 Å². The molecule has 6 N–H and O–H groups in total. The Morgan fingerprint density at radius 2 is 1.08 bits per heavy atom. The number of methoxy groups -OCH3 is 1. The number of rotatable bonds is 8. The quantitative estimate of drug-likeness (QED) is 0.103. The number of carbonyl (C=O) groups excluding carboxylic acids is 2. The van der Waals surface area contributed by atoms with E-state index >= 15 is 0 Å². The summed E-state index contributed by atoms with van der Waals surface area (Å²) < 4.78 is 48.1. The van der Waals surface area contributed by atoms with Crippen molar-refractivity contribution in [2.75, 3.05) is 35.7 Å². The van der Waals surface area contributed by atoms with Gasteiger partial charge in [0.2, 0.25) is 11.8 Å². The number of ether oxygens (including phenoxy) is 1. The summed E-state index contributed by atoms with van der Waals surface area (Å²) in [7, 11) is 1.46. The van der Waals surface area contributed by atoms with Crippen molar-refractivity contribution in [2.24, 2.45) is 5.73 Å². The van der Waals surface area contributed by atoms with Crippen LogP contribution in [0.2, 0.25) is 0 Å². The highest BCUT2D eigenvalue weighted by atomic mass is 19.1. The predicted molar refractivity (Wildman–Crippen MR) is 234 cm³/mol. The Kier molecular flexibility index (Phi) is 15.0. The Labute approximate surface area is 348 Å². The third-order valence-electron chi connectivity index (χ3n) is 9.78. The van der Waals surface area contributed by atoms with Gasteiger partial charge < -0.3 is 36.2 Å². The number of anilines is 3. The van der Waals surface area contributed by atoms with E-state index < -0.39 is 17.5 Å². The fourth-order valence-corrected chi connectivity index (χ4v) is 6.82. The van der Waals surface area contributed by atoms with Gasteiger partial charge in [-0.25, -0.2) is 13.2 Å². The second-order valence-corrected chi connectivity index (χ2v) is 13.9. The molecule has 0 aliphatic carbocycles. The summed E-state index contributed by atoms with van der Waals surface area (Å²) in [6, 6.07) is 31.5. The third kappa shape index (κ3) is 10.6. The highest BCUT2D eigenvalue weighted by Gasteiger charge is 2.19. The number of nitrogens with one attached hydrogen (secondary N) is 2. The molecule has 0 saturated carbocycles. The maximum absolute atomic E-state index is 14.4. The van der Waals surface area contributed by atoms with Crippen molar-refractivity contribution >= 4 is 28.9 Å². The third-order valence-corrected chi connectivity index (χ3v) is 9.78. The number of nitrogens with zero attached hydrogens (tertiary/aromatic N) is 1. The average molecular weight is 819 g/mol. The van der Waals surface area contributed by atoms with E-state index in [-0.39, 0.29) is 51.9 Å². The number of piperidine rings is 1. The van der Waals surface area contributed by atoms with Crippen molar-refractivity contribution in [1.29, 1.82) is 0 Å². The van der Waals surface area contributed by atoms with Crippen LogP contribution in [0.1, 0.15) is 40.5 Å². The first-order valence-electron chi connectivity index (χ1n) is 19.6. The Morgan fingerprint density at radius 3 is 1.57 bits per heavy atom. The highest BCUT2D eigenvalue weighted by molar-refractivity contribution is 5.91. The lowest BCUT2D eigenvalue weighted by atomic mass is 9.96. The normalized spacial score (nSPS) is 12.3. The van der Waals surface area contributed by atoms with Crippen LogP contribution in [0.15, 0.2) is 115 Å². The number of nitrogens with two attached hydrogens (primary N) is 1. The minimum atomic E-state index is -0.639. The van der Waals surface area contributed by atoms with E-state index in [0.29, 0.717) is 33.6 Å². The minimum Gasteiger partial charge on any atom is -0.507 e. The molecular weight excluding hydrogens is 770 g/mol. The fourth-order valence-electron chi connectivity index (χ4n) is 6.82. The lowest BCUT2D eigenvalue weighted by Gasteiger charge is -2.32. The van der Waals surface area contributed by atoms with Gasteiger partial charge in [-0.05, 0) is 84.1 Å². The molecule has 2 amide bonds. The van der Waals surface area contributed by atoms with Crippen LogP contribution >= 0.6 is 0 Å². The molecule has 0 spiro atoms. The molecule has 1 heterocycles. The van der Waals surface area contributed by atoms with Crippen molar-refractivity contribution < 1.29 is 37.7 Å². The SMILES string of the molecule is CC.CC(=O)Nc1ccc(-c2cccc(-c3cccc(N4CCC(N)CC4)c3)c2O)cc1F.COc1ccc(F)c(-c2cccc(-c3ccc(NC(C)=O)c(F)c3)c2O)c1. The molecule has 0 atom stereocenters. The zero-order valence-corrected chi connectivity index (χ0v) is 34.2. The van der Waals surface area contributed by atoms with E-state index in [0.717, 1.165) is 37.2 Å². The van der Waals surface area contributed by atoms with Crippen LogP contribution in [-0.4, -0.2) is 48.3 Å². The van der Waals surface area contributed by atoms with Gasteiger partial charge in [-0.15, -0.1) is 0 Å². The molecule has 9 nitrogen and oxygen atoms in total. The van der Waals surface area contributed by atoms with Crippen LogP contribution in [0.5, 0.6) is 17.2 Å². The van der Waals surface area contributed by atoms with Crippen LogP contribution < -0.4 is 26.0 Å². The van der Waals surface area contributed by atoms with E-state index in [1.165, 1.54) is 63.4 Å². The second-order valence-electron chi connectivity index (χ2n) is 13.9. The summed E-state index contributed by atoms with van der Waals surface area (Å²) in [6.45, 7) is 8.44. The maximum Gasteiger partial charge on any atom is 0.221 e. The number of halogens is 3. The fraction of sp³-hybridized carbons (Fsp3) is 0.208. The molecule has 1 saturated heterocycles. The molecule has 60 heavy (non-hydrogen) atoms. The number of carbonyl (C=O) groups is 2. The number of amides is 2. The van der Waals surface area contributed by atoms with Gasteiger partial charge in [0, 0.05) is 66.5 Å². The molecule has 1 aliphatic rings. The lowest BCUT2D eigenvalue weighted by Crippen LogP contribution is -2.39. The number of aromatic hydroxyl groups is 2. The zero-order chi connectivity index (χ0) is 43.5. The van der Waals surface area contributed by atoms with Crippen LogP contribution in [0.4, 0.5) is 30.2 Å². The average Bonchev–Trinajstić information content (AvgIpc) is 3.24. The number of para-hydroxylation sites is 2. The van der Waals surface area contributed by atoms with E-state index in [2.05, 4.69) is 27.7 Å². The molecule has 0 radical (unpaired) electrons. The largest absolute Gasteiger partial charge is 0.507 e. The molecule has 1 fully saturated rings. The Morgan fingerprint density at radius 1 is 0.617 bits per heavy atom. The van der Waals surface area contributed by atoms with Gasteiger partial charge in [-0.1, -0.05) is 74.5 Å². The molecule has 6 aromatic carbocycles. The number of hydrogen-bond donors (Lipinski definition) is 5. The topological polar surface area (TPSA) is 137 Å². The summed E-state index contributed by atoms with van der Waals surface area (Å²) >= 11 is 0. The molecule has 7 rings (SSSR count). The Bertz CT molecular complexity index is 2470. The van der Waals surface area contributed by atoms with E-state index in [1.807, 2.05) is 38.1 Å². The Hall–Kier alpha value is -6.79. The summed E-state index contributed by atoms with van der Waals surface area (Å²) in [5.41, 5.74) is 11.1. The van der Waals surface area contributed by atoms with Gasteiger partial charge in [0.05, 0.1) is 18.5 Å². The van der Waals surface area contributed by atoms with E-state index in [9.17, 15) is 33.0 Å². The van der Waals surface area contributed by atoms with Crippen molar-refractivity contribution in [2.45, 2.75) is 46.6 Å². The molecule has 312 valence electrons. The van der Waals surface area contributed by atoms with Gasteiger partial charge in [-0.2, -0.15) is 0 Å². The summed E-state index contributed by atoms with van der Waals surface area (Å²) in [4.78, 5) is 24.6. The van der Waals surface area contributed by atoms with Crippen LogP contribution in [-0.2, 0) is 9.59 Å². The Balaban J connectivity index is 0.000000221. The van der Waals surface area contributed by atoms with Crippen molar-refractivity contribution in [3.05, 3.63) is 133 Å². The first kappa shape index (κ1) is 44.3. The molecule has 6 aromatic rings. The second kappa shape index (κ2) is 20.3. The van der Waals surface area contributed by atoms with Crippen molar-refractivity contribution in [1.82, 2.24) is 0 Å². The van der Waals surface area contributed by atoms with E-state index in [1.54, 1.807) is 36.4 Å². The predicted octanol–water partition coefficient (Wildman–Crippen LogP) is 10.7. The number of phenols is 2. The summed E-state index contributed by atoms with van der Waals surface area (Å²) in [6.07, 6.45) is 1.93.